The third kappa shape index (κ3) is 2.87. The summed E-state index contributed by atoms with van der Waals surface area (Å²) in [6.45, 7) is 0. The number of carboxylic acid groups (broad SMARTS) is 1. The highest BCUT2D eigenvalue weighted by molar-refractivity contribution is 5.75. The van der Waals surface area contributed by atoms with E-state index in [2.05, 4.69) is 5.32 Å². The molecule has 0 aliphatic heterocycles. The summed E-state index contributed by atoms with van der Waals surface area (Å²) in [7, 11) is 0. The van der Waals surface area contributed by atoms with Crippen molar-refractivity contribution in [3.05, 3.63) is 60.2 Å². The molecule has 4 nitrogen and oxygen atoms in total. The van der Waals surface area contributed by atoms with Gasteiger partial charge < -0.3 is 16.2 Å². The summed E-state index contributed by atoms with van der Waals surface area (Å²) >= 11 is 0. The number of carbonyl (C=O) groups is 1. The third-order valence-electron chi connectivity index (χ3n) is 2.60. The van der Waals surface area contributed by atoms with E-state index in [4.69, 9.17) is 10.8 Å². The minimum absolute atomic E-state index is 0.584. The molecule has 1 atom stereocenters. The monoisotopic (exact) mass is 242 g/mol. The summed E-state index contributed by atoms with van der Waals surface area (Å²) in [5, 5.41) is 12.0. The molecule has 0 saturated heterocycles. The van der Waals surface area contributed by atoms with Crippen molar-refractivity contribution in [1.82, 2.24) is 0 Å². The number of anilines is 2. The van der Waals surface area contributed by atoms with Gasteiger partial charge in [-0.25, -0.2) is 0 Å². The smallest absolute Gasteiger partial charge is 0.325 e. The second kappa shape index (κ2) is 5.33. The lowest BCUT2D eigenvalue weighted by Crippen LogP contribution is -2.20. The second-order valence-electron chi connectivity index (χ2n) is 3.93. The maximum atomic E-state index is 10.7. The summed E-state index contributed by atoms with van der Waals surface area (Å²) in [6, 6.07) is 15.8. The SMILES string of the molecule is NC(C(=O)O)c1ccc(Nc2ccccc2)cc1. The Labute approximate surface area is 105 Å². The van der Waals surface area contributed by atoms with E-state index in [0.717, 1.165) is 11.4 Å². The summed E-state index contributed by atoms with van der Waals surface area (Å²) in [5.74, 6) is -1.03. The number of nitrogens with one attached hydrogen (secondary N) is 1. The molecule has 1 unspecified atom stereocenters. The summed E-state index contributed by atoms with van der Waals surface area (Å²) < 4.78 is 0. The topological polar surface area (TPSA) is 75.4 Å². The first-order chi connectivity index (χ1) is 8.66. The van der Waals surface area contributed by atoms with E-state index < -0.39 is 12.0 Å². The zero-order chi connectivity index (χ0) is 13.0. The molecule has 4 N–H and O–H groups in total. The molecule has 0 fully saturated rings. The maximum absolute atomic E-state index is 10.7. The minimum Gasteiger partial charge on any atom is -0.480 e. The Morgan fingerprint density at radius 3 is 2.11 bits per heavy atom. The summed E-state index contributed by atoms with van der Waals surface area (Å²) in [4.78, 5) is 10.7. The summed E-state index contributed by atoms with van der Waals surface area (Å²) in [6.07, 6.45) is 0. The number of para-hydroxylation sites is 1. The van der Waals surface area contributed by atoms with Gasteiger partial charge in [0.15, 0.2) is 0 Å². The fourth-order valence-electron chi connectivity index (χ4n) is 1.60. The molecule has 0 radical (unpaired) electrons. The van der Waals surface area contributed by atoms with Crippen LogP contribution in [0.2, 0.25) is 0 Å². The molecule has 2 rings (SSSR count). The predicted octanol–water partition coefficient (Wildman–Crippen LogP) is 2.51. The zero-order valence-corrected chi connectivity index (χ0v) is 9.71. The molecule has 4 heteroatoms. The predicted molar refractivity (Wildman–Crippen MR) is 70.7 cm³/mol. The Hall–Kier alpha value is -2.33. The number of benzene rings is 2. The van der Waals surface area contributed by atoms with Crippen LogP contribution < -0.4 is 11.1 Å². The Balaban J connectivity index is 2.11. The van der Waals surface area contributed by atoms with Crippen LogP contribution >= 0.6 is 0 Å². The average molecular weight is 242 g/mol. The number of rotatable bonds is 4. The standard InChI is InChI=1S/C14H14N2O2/c15-13(14(17)18)10-6-8-12(9-7-10)16-11-4-2-1-3-5-11/h1-9,13,16H,15H2,(H,17,18). The first kappa shape index (κ1) is 12.1. The highest BCUT2D eigenvalue weighted by atomic mass is 16.4. The van der Waals surface area contributed by atoms with Crippen molar-refractivity contribution in [1.29, 1.82) is 0 Å². The van der Waals surface area contributed by atoms with Gasteiger partial charge in [0.25, 0.3) is 0 Å². The highest BCUT2D eigenvalue weighted by Crippen LogP contribution is 2.18. The number of hydrogen-bond donors (Lipinski definition) is 3. The normalized spacial score (nSPS) is 11.8. The fraction of sp³-hybridized carbons (Fsp3) is 0.0714. The van der Waals surface area contributed by atoms with Crippen molar-refractivity contribution in [2.45, 2.75) is 6.04 Å². The fourth-order valence-corrected chi connectivity index (χ4v) is 1.60. The number of carboxylic acids is 1. The van der Waals surface area contributed by atoms with Crippen LogP contribution in [-0.4, -0.2) is 11.1 Å². The van der Waals surface area contributed by atoms with Crippen LogP contribution in [0.3, 0.4) is 0 Å². The maximum Gasteiger partial charge on any atom is 0.325 e. The van der Waals surface area contributed by atoms with Gasteiger partial charge in [-0.2, -0.15) is 0 Å². The van der Waals surface area contributed by atoms with Crippen molar-refractivity contribution in [3.8, 4) is 0 Å². The van der Waals surface area contributed by atoms with E-state index in [1.165, 1.54) is 0 Å². The molecule has 0 aliphatic carbocycles. The van der Waals surface area contributed by atoms with Crippen molar-refractivity contribution >= 4 is 17.3 Å². The van der Waals surface area contributed by atoms with Crippen LogP contribution in [0.1, 0.15) is 11.6 Å². The Kier molecular flexibility index (Phi) is 3.60. The molecule has 0 aliphatic rings. The van der Waals surface area contributed by atoms with Crippen molar-refractivity contribution in [3.63, 3.8) is 0 Å². The molecule has 18 heavy (non-hydrogen) atoms. The largest absolute Gasteiger partial charge is 0.480 e. The van der Waals surface area contributed by atoms with Gasteiger partial charge in [-0.1, -0.05) is 30.3 Å². The molecule has 2 aromatic rings. The van der Waals surface area contributed by atoms with Crippen LogP contribution in [0.15, 0.2) is 54.6 Å². The van der Waals surface area contributed by atoms with Crippen LogP contribution in [-0.2, 0) is 4.79 Å². The molecule has 0 amide bonds. The van der Waals surface area contributed by atoms with Crippen LogP contribution in [0.4, 0.5) is 11.4 Å². The first-order valence-corrected chi connectivity index (χ1v) is 5.57. The van der Waals surface area contributed by atoms with Crippen molar-refractivity contribution in [2.24, 2.45) is 5.73 Å². The van der Waals surface area contributed by atoms with Gasteiger partial charge in [0.1, 0.15) is 6.04 Å². The molecule has 0 heterocycles. The molecule has 2 aromatic carbocycles. The highest BCUT2D eigenvalue weighted by Gasteiger charge is 2.13. The van der Waals surface area contributed by atoms with E-state index in [1.54, 1.807) is 12.1 Å². The van der Waals surface area contributed by atoms with Crippen LogP contribution in [0.5, 0.6) is 0 Å². The van der Waals surface area contributed by atoms with Gasteiger partial charge in [0.05, 0.1) is 0 Å². The molecule has 0 saturated carbocycles. The van der Waals surface area contributed by atoms with Gasteiger partial charge in [0.2, 0.25) is 0 Å². The molecular weight excluding hydrogens is 228 g/mol. The Morgan fingerprint density at radius 2 is 1.56 bits per heavy atom. The Bertz CT molecular complexity index is 523. The van der Waals surface area contributed by atoms with E-state index in [1.807, 2.05) is 42.5 Å². The molecule has 0 aromatic heterocycles. The van der Waals surface area contributed by atoms with E-state index in [-0.39, 0.29) is 0 Å². The van der Waals surface area contributed by atoms with E-state index in [9.17, 15) is 4.79 Å². The van der Waals surface area contributed by atoms with Gasteiger partial charge in [-0.3, -0.25) is 4.79 Å². The van der Waals surface area contributed by atoms with Gasteiger partial charge in [-0.15, -0.1) is 0 Å². The molecule has 0 bridgehead atoms. The van der Waals surface area contributed by atoms with Gasteiger partial charge in [0, 0.05) is 11.4 Å². The average Bonchev–Trinajstić information content (AvgIpc) is 2.40. The molecule has 92 valence electrons. The summed E-state index contributed by atoms with van der Waals surface area (Å²) in [5.41, 5.74) is 7.98. The lowest BCUT2D eigenvalue weighted by atomic mass is 10.1. The second-order valence-corrected chi connectivity index (χ2v) is 3.93. The van der Waals surface area contributed by atoms with Crippen LogP contribution in [0, 0.1) is 0 Å². The zero-order valence-electron chi connectivity index (χ0n) is 9.71. The lowest BCUT2D eigenvalue weighted by molar-refractivity contribution is -0.138. The number of aliphatic carboxylic acids is 1. The van der Waals surface area contributed by atoms with Crippen molar-refractivity contribution in [2.75, 3.05) is 5.32 Å². The minimum atomic E-state index is -1.03. The number of nitrogens with two attached hydrogens (primary N) is 1. The quantitative estimate of drug-likeness (QED) is 0.770. The Morgan fingerprint density at radius 1 is 1.00 bits per heavy atom. The van der Waals surface area contributed by atoms with E-state index >= 15 is 0 Å². The first-order valence-electron chi connectivity index (χ1n) is 5.57. The molecular formula is C14H14N2O2. The number of hydrogen-bond acceptors (Lipinski definition) is 3. The lowest BCUT2D eigenvalue weighted by Gasteiger charge is -2.09. The third-order valence-corrected chi connectivity index (χ3v) is 2.60. The van der Waals surface area contributed by atoms with Gasteiger partial charge in [-0.05, 0) is 29.8 Å². The van der Waals surface area contributed by atoms with Gasteiger partial charge >= 0.3 is 5.97 Å². The van der Waals surface area contributed by atoms with Crippen LogP contribution in [0.25, 0.3) is 0 Å². The van der Waals surface area contributed by atoms with Crippen molar-refractivity contribution < 1.29 is 9.90 Å². The van der Waals surface area contributed by atoms with E-state index in [0.29, 0.717) is 5.56 Å². The molecule has 0 spiro atoms.